The molecule has 1 saturated heterocycles. The minimum Gasteiger partial charge on any atom is -0.481 e. The highest BCUT2D eigenvalue weighted by Gasteiger charge is 2.29. The molecular weight excluding hydrogens is 290 g/mol. The third-order valence-corrected chi connectivity index (χ3v) is 5.92. The van der Waals surface area contributed by atoms with Crippen molar-refractivity contribution in [2.75, 3.05) is 13.1 Å². The average Bonchev–Trinajstić information content (AvgIpc) is 2.47. The first-order chi connectivity index (χ1) is 9.93. The van der Waals surface area contributed by atoms with Crippen molar-refractivity contribution in [2.24, 2.45) is 5.92 Å². The molecule has 1 aliphatic heterocycles. The average molecular weight is 311 g/mol. The van der Waals surface area contributed by atoms with E-state index in [2.05, 4.69) is 0 Å². The Bertz CT molecular complexity index is 587. The number of carboxylic acids is 1. The van der Waals surface area contributed by atoms with Crippen molar-refractivity contribution in [3.05, 3.63) is 29.8 Å². The summed E-state index contributed by atoms with van der Waals surface area (Å²) in [5, 5.41) is 8.79. The number of benzene rings is 1. The molecule has 1 aromatic carbocycles. The van der Waals surface area contributed by atoms with Gasteiger partial charge in [-0.25, -0.2) is 8.42 Å². The number of rotatable bonds is 5. The normalized spacial score (nSPS) is 17.8. The summed E-state index contributed by atoms with van der Waals surface area (Å²) in [5.74, 6) is -0.733. The predicted molar refractivity (Wildman–Crippen MR) is 79.6 cm³/mol. The summed E-state index contributed by atoms with van der Waals surface area (Å²) in [6, 6.07) is 6.98. The Kier molecular flexibility index (Phi) is 5.00. The smallest absolute Gasteiger partial charge is 0.303 e. The Balaban J connectivity index is 2.05. The van der Waals surface area contributed by atoms with Gasteiger partial charge < -0.3 is 5.11 Å². The fraction of sp³-hybridized carbons (Fsp3) is 0.533. The van der Waals surface area contributed by atoms with Gasteiger partial charge in [-0.05, 0) is 42.9 Å². The van der Waals surface area contributed by atoms with Gasteiger partial charge in [0.15, 0.2) is 0 Å². The van der Waals surface area contributed by atoms with Crippen molar-refractivity contribution in [3.8, 4) is 0 Å². The van der Waals surface area contributed by atoms with Gasteiger partial charge >= 0.3 is 5.97 Å². The predicted octanol–water partition coefficient (Wildman–Crippen LogP) is 2.12. The first-order valence-corrected chi connectivity index (χ1v) is 8.68. The van der Waals surface area contributed by atoms with Gasteiger partial charge in [-0.1, -0.05) is 19.1 Å². The lowest BCUT2D eigenvalue weighted by atomic mass is 9.95. The second kappa shape index (κ2) is 6.58. The van der Waals surface area contributed by atoms with E-state index in [9.17, 15) is 13.2 Å². The molecule has 0 amide bonds. The first-order valence-electron chi connectivity index (χ1n) is 7.24. The molecule has 0 unspecified atom stereocenters. The zero-order chi connectivity index (χ0) is 15.5. The van der Waals surface area contributed by atoms with Gasteiger partial charge in [-0.2, -0.15) is 4.31 Å². The number of sulfonamides is 1. The number of aryl methyl sites for hydroxylation is 1. The van der Waals surface area contributed by atoms with Crippen molar-refractivity contribution in [1.82, 2.24) is 4.31 Å². The molecule has 0 spiro atoms. The molecule has 0 atom stereocenters. The molecule has 0 bridgehead atoms. The van der Waals surface area contributed by atoms with Crippen LogP contribution < -0.4 is 0 Å². The molecule has 1 aliphatic rings. The Morgan fingerprint density at radius 3 is 2.29 bits per heavy atom. The van der Waals surface area contributed by atoms with Crippen LogP contribution in [0.2, 0.25) is 0 Å². The lowest BCUT2D eigenvalue weighted by Crippen LogP contribution is -2.38. The van der Waals surface area contributed by atoms with E-state index in [4.69, 9.17) is 5.11 Å². The molecule has 1 heterocycles. The second-order valence-electron chi connectivity index (χ2n) is 5.44. The summed E-state index contributed by atoms with van der Waals surface area (Å²) in [5.41, 5.74) is 1.11. The molecule has 0 saturated carbocycles. The number of aliphatic carboxylic acids is 1. The summed E-state index contributed by atoms with van der Waals surface area (Å²) in [6.45, 7) is 2.82. The van der Waals surface area contributed by atoms with Gasteiger partial charge in [-0.15, -0.1) is 0 Å². The highest BCUT2D eigenvalue weighted by molar-refractivity contribution is 7.89. The Morgan fingerprint density at radius 1 is 1.24 bits per heavy atom. The zero-order valence-corrected chi connectivity index (χ0v) is 13.0. The number of piperidine rings is 1. The van der Waals surface area contributed by atoms with E-state index >= 15 is 0 Å². The Hall–Kier alpha value is -1.40. The maximum absolute atomic E-state index is 12.5. The minimum absolute atomic E-state index is 0.0800. The van der Waals surface area contributed by atoms with E-state index in [1.54, 1.807) is 12.1 Å². The van der Waals surface area contributed by atoms with Crippen LogP contribution in [-0.4, -0.2) is 36.9 Å². The van der Waals surface area contributed by atoms with Gasteiger partial charge in [0.1, 0.15) is 0 Å². The van der Waals surface area contributed by atoms with Gasteiger partial charge in [-0.3, -0.25) is 4.79 Å². The molecule has 1 fully saturated rings. The number of hydrogen-bond acceptors (Lipinski definition) is 3. The van der Waals surface area contributed by atoms with Crippen LogP contribution in [0.5, 0.6) is 0 Å². The topological polar surface area (TPSA) is 74.7 Å². The lowest BCUT2D eigenvalue weighted by molar-refractivity contribution is -0.138. The molecule has 116 valence electrons. The number of hydrogen-bond donors (Lipinski definition) is 1. The van der Waals surface area contributed by atoms with E-state index in [0.717, 1.165) is 12.0 Å². The molecule has 6 heteroatoms. The molecule has 0 radical (unpaired) electrons. The fourth-order valence-corrected chi connectivity index (χ4v) is 4.12. The molecular formula is C15H21NO4S. The van der Waals surface area contributed by atoms with Crippen LogP contribution in [0.3, 0.4) is 0 Å². The zero-order valence-electron chi connectivity index (χ0n) is 12.2. The van der Waals surface area contributed by atoms with Crippen LogP contribution in [0, 0.1) is 5.92 Å². The molecule has 0 aromatic heterocycles. The van der Waals surface area contributed by atoms with Crippen LogP contribution in [0.1, 0.15) is 31.7 Å². The van der Waals surface area contributed by atoms with Crippen LogP contribution in [0.15, 0.2) is 29.2 Å². The van der Waals surface area contributed by atoms with Gasteiger partial charge in [0.05, 0.1) is 4.90 Å². The van der Waals surface area contributed by atoms with Crippen molar-refractivity contribution in [2.45, 2.75) is 37.5 Å². The summed E-state index contributed by atoms with van der Waals surface area (Å²) in [7, 11) is -3.45. The number of carbonyl (C=O) groups is 1. The molecule has 1 aromatic rings. The van der Waals surface area contributed by atoms with E-state index in [0.29, 0.717) is 30.8 Å². The monoisotopic (exact) mass is 311 g/mol. The van der Waals surface area contributed by atoms with Crippen LogP contribution >= 0.6 is 0 Å². The van der Waals surface area contributed by atoms with Crippen molar-refractivity contribution < 1.29 is 18.3 Å². The fourth-order valence-electron chi connectivity index (χ4n) is 2.65. The van der Waals surface area contributed by atoms with E-state index in [1.165, 1.54) is 4.31 Å². The number of carboxylic acid groups (broad SMARTS) is 1. The van der Waals surface area contributed by atoms with Gasteiger partial charge in [0.2, 0.25) is 10.0 Å². The summed E-state index contributed by atoms with van der Waals surface area (Å²) < 4.78 is 26.5. The molecule has 0 aliphatic carbocycles. The number of nitrogens with zero attached hydrogens (tertiary/aromatic N) is 1. The Labute approximate surface area is 125 Å². The molecule has 5 nitrogen and oxygen atoms in total. The molecule has 21 heavy (non-hydrogen) atoms. The van der Waals surface area contributed by atoms with E-state index in [1.807, 2.05) is 19.1 Å². The summed E-state index contributed by atoms with van der Waals surface area (Å²) in [4.78, 5) is 11.0. The van der Waals surface area contributed by atoms with Crippen molar-refractivity contribution in [1.29, 1.82) is 0 Å². The quantitative estimate of drug-likeness (QED) is 0.904. The second-order valence-corrected chi connectivity index (χ2v) is 7.38. The molecule has 1 N–H and O–H groups in total. The van der Waals surface area contributed by atoms with Crippen LogP contribution in [0.25, 0.3) is 0 Å². The lowest BCUT2D eigenvalue weighted by Gasteiger charge is -2.30. The largest absolute Gasteiger partial charge is 0.481 e. The van der Waals surface area contributed by atoms with Crippen LogP contribution in [-0.2, 0) is 21.2 Å². The maximum atomic E-state index is 12.5. The minimum atomic E-state index is -3.45. The molecule has 2 rings (SSSR count). The SMILES string of the molecule is CCc1ccc(S(=O)(=O)N2CCC(CC(=O)O)CC2)cc1. The van der Waals surface area contributed by atoms with Crippen LogP contribution in [0.4, 0.5) is 0 Å². The van der Waals surface area contributed by atoms with Crippen molar-refractivity contribution in [3.63, 3.8) is 0 Å². The summed E-state index contributed by atoms with van der Waals surface area (Å²) >= 11 is 0. The third-order valence-electron chi connectivity index (χ3n) is 4.01. The standard InChI is InChI=1S/C15H21NO4S/c1-2-12-3-5-14(6-4-12)21(19,20)16-9-7-13(8-10-16)11-15(17)18/h3-6,13H,2,7-11H2,1H3,(H,17,18). The van der Waals surface area contributed by atoms with E-state index in [-0.39, 0.29) is 12.3 Å². The van der Waals surface area contributed by atoms with E-state index < -0.39 is 16.0 Å². The summed E-state index contributed by atoms with van der Waals surface area (Å²) in [6.07, 6.45) is 2.22. The van der Waals surface area contributed by atoms with Gasteiger partial charge in [0, 0.05) is 19.5 Å². The highest BCUT2D eigenvalue weighted by Crippen LogP contribution is 2.25. The van der Waals surface area contributed by atoms with Gasteiger partial charge in [0.25, 0.3) is 0 Å². The van der Waals surface area contributed by atoms with Crippen molar-refractivity contribution >= 4 is 16.0 Å². The first kappa shape index (κ1) is 16.0. The maximum Gasteiger partial charge on any atom is 0.303 e. The highest BCUT2D eigenvalue weighted by atomic mass is 32.2. The third kappa shape index (κ3) is 3.83. The Morgan fingerprint density at radius 2 is 1.81 bits per heavy atom.